The topological polar surface area (TPSA) is 34.0 Å². The highest BCUT2D eigenvalue weighted by Crippen LogP contribution is 2.53. The number of anilines is 3. The second-order valence-corrected chi connectivity index (χ2v) is 16.1. The molecule has 0 bridgehead atoms. The highest BCUT2D eigenvalue weighted by atomic mass is 32.2. The van der Waals surface area contributed by atoms with Gasteiger partial charge in [0.2, 0.25) is 0 Å². The fourth-order valence-corrected chi connectivity index (χ4v) is 9.96. The summed E-state index contributed by atoms with van der Waals surface area (Å²) in [6, 6.07) is 73.9. The average Bonchev–Trinajstić information content (AvgIpc) is 3.66. The van der Waals surface area contributed by atoms with Gasteiger partial charge in [0.1, 0.15) is 0 Å². The van der Waals surface area contributed by atoms with Gasteiger partial charge in [0.25, 0.3) is 0 Å². The summed E-state index contributed by atoms with van der Waals surface area (Å²) in [6.07, 6.45) is 0. The van der Waals surface area contributed by atoms with E-state index in [0.717, 1.165) is 55.7 Å². The Morgan fingerprint density at radius 2 is 1.12 bits per heavy atom. The second kappa shape index (κ2) is 13.6. The normalized spacial score (nSPS) is 12.3. The maximum absolute atomic E-state index is 5.26. The van der Waals surface area contributed by atoms with E-state index in [2.05, 4.69) is 204 Å². The number of rotatable bonds is 5. The Balaban J connectivity index is 1.10. The SMILES string of the molecule is c1ccc(-c2nc(-c3cccc(-n4c5ccc6ccccc6c5c5cccc(-c6ccc7c(c6)N(c6ccccc6)c6ccccc6S7)c54)c3)nc3ccccc23)cc1. The molecule has 3 heterocycles. The minimum absolute atomic E-state index is 0.698. The van der Waals surface area contributed by atoms with Crippen LogP contribution in [0.5, 0.6) is 0 Å². The van der Waals surface area contributed by atoms with Gasteiger partial charge in [-0.25, -0.2) is 9.97 Å². The minimum atomic E-state index is 0.698. The fourth-order valence-electron chi connectivity index (χ4n) is 8.92. The van der Waals surface area contributed by atoms with Crippen molar-refractivity contribution < 1.29 is 0 Å². The van der Waals surface area contributed by atoms with Gasteiger partial charge in [-0.3, -0.25) is 0 Å². The molecule has 0 aliphatic carbocycles. The summed E-state index contributed by atoms with van der Waals surface area (Å²) in [5.41, 5.74) is 13.1. The van der Waals surface area contributed by atoms with Crippen LogP contribution in [-0.2, 0) is 0 Å². The number of nitrogens with zero attached hydrogens (tertiary/aromatic N) is 4. The maximum Gasteiger partial charge on any atom is 0.160 e. The number of fused-ring (bicyclic) bond motifs is 8. The van der Waals surface area contributed by atoms with Crippen LogP contribution in [0.2, 0.25) is 0 Å². The first-order valence-corrected chi connectivity index (χ1v) is 20.7. The van der Waals surface area contributed by atoms with Gasteiger partial charge in [-0.1, -0.05) is 157 Å². The second-order valence-electron chi connectivity index (χ2n) is 15.0. The third-order valence-corrected chi connectivity index (χ3v) is 12.7. The first-order valence-electron chi connectivity index (χ1n) is 19.9. The summed E-state index contributed by atoms with van der Waals surface area (Å²) in [6.45, 7) is 0. The third kappa shape index (κ3) is 5.47. The van der Waals surface area contributed by atoms with Crippen LogP contribution in [0.4, 0.5) is 17.1 Å². The molecule has 0 spiro atoms. The van der Waals surface area contributed by atoms with Gasteiger partial charge in [0, 0.05) is 54.0 Å². The zero-order chi connectivity index (χ0) is 38.9. The lowest BCUT2D eigenvalue weighted by molar-refractivity contribution is 1.16. The average molecular weight is 771 g/mol. The summed E-state index contributed by atoms with van der Waals surface area (Å²) in [4.78, 5) is 15.3. The van der Waals surface area contributed by atoms with Crippen molar-refractivity contribution in [1.82, 2.24) is 14.5 Å². The number of aromatic nitrogens is 3. The standard InChI is InChI=1S/C54H34N4S/c1-3-16-36(17-4-1)52-43-23-9-10-26-45(43)55-54(56-52)38-18-13-21-40(33-38)58-47-31-29-35-15-7-8-22-41(35)51(47)44-25-14-24-42(53(44)58)37-30-32-50-48(34-37)57(39-19-5-2-6-20-39)46-27-11-12-28-49(46)59-50/h1-34H. The molecule has 0 radical (unpaired) electrons. The van der Waals surface area contributed by atoms with Crippen LogP contribution >= 0.6 is 11.8 Å². The monoisotopic (exact) mass is 770 g/mol. The third-order valence-electron chi connectivity index (χ3n) is 11.5. The van der Waals surface area contributed by atoms with Crippen molar-refractivity contribution in [3.05, 3.63) is 206 Å². The molecule has 0 saturated carbocycles. The molecule has 2 aromatic heterocycles. The molecule has 4 nitrogen and oxygen atoms in total. The van der Waals surface area contributed by atoms with Gasteiger partial charge in [-0.05, 0) is 77.0 Å². The lowest BCUT2D eigenvalue weighted by Crippen LogP contribution is -2.14. The Labute approximate surface area is 345 Å². The zero-order valence-electron chi connectivity index (χ0n) is 31.8. The van der Waals surface area contributed by atoms with Crippen LogP contribution in [0.15, 0.2) is 216 Å². The van der Waals surface area contributed by atoms with E-state index in [9.17, 15) is 0 Å². The highest BCUT2D eigenvalue weighted by Gasteiger charge is 2.26. The van der Waals surface area contributed by atoms with Crippen molar-refractivity contribution in [2.24, 2.45) is 0 Å². The van der Waals surface area contributed by atoms with Crippen LogP contribution in [0, 0.1) is 0 Å². The number of para-hydroxylation sites is 4. The van der Waals surface area contributed by atoms with Crippen molar-refractivity contribution >= 4 is 72.3 Å². The van der Waals surface area contributed by atoms with Crippen molar-refractivity contribution in [3.63, 3.8) is 0 Å². The van der Waals surface area contributed by atoms with Crippen LogP contribution in [0.1, 0.15) is 0 Å². The van der Waals surface area contributed by atoms with E-state index in [-0.39, 0.29) is 0 Å². The Bertz CT molecular complexity index is 3430. The van der Waals surface area contributed by atoms with E-state index in [0.29, 0.717) is 5.82 Å². The molecule has 276 valence electrons. The Hall–Kier alpha value is -7.47. The molecular weight excluding hydrogens is 737 g/mol. The predicted octanol–water partition coefficient (Wildman–Crippen LogP) is 14.8. The molecular formula is C54H34N4S. The van der Waals surface area contributed by atoms with E-state index in [4.69, 9.17) is 9.97 Å². The van der Waals surface area contributed by atoms with E-state index >= 15 is 0 Å². The van der Waals surface area contributed by atoms with Crippen LogP contribution in [-0.4, -0.2) is 14.5 Å². The smallest absolute Gasteiger partial charge is 0.160 e. The van der Waals surface area contributed by atoms with Gasteiger partial charge < -0.3 is 9.47 Å². The highest BCUT2D eigenvalue weighted by molar-refractivity contribution is 7.99. The molecule has 5 heteroatoms. The molecule has 0 fully saturated rings. The summed E-state index contributed by atoms with van der Waals surface area (Å²) in [7, 11) is 0. The number of hydrogen-bond donors (Lipinski definition) is 0. The minimum Gasteiger partial charge on any atom is -0.309 e. The molecule has 1 aliphatic rings. The van der Waals surface area contributed by atoms with Crippen LogP contribution in [0.3, 0.4) is 0 Å². The van der Waals surface area contributed by atoms with Crippen molar-refractivity contribution in [2.45, 2.75) is 9.79 Å². The number of benzene rings is 9. The van der Waals surface area contributed by atoms with Crippen molar-refractivity contribution in [2.75, 3.05) is 4.90 Å². The van der Waals surface area contributed by atoms with Crippen LogP contribution < -0.4 is 4.90 Å². The van der Waals surface area contributed by atoms with Crippen molar-refractivity contribution in [1.29, 1.82) is 0 Å². The quantitative estimate of drug-likeness (QED) is 0.175. The molecule has 12 rings (SSSR count). The summed E-state index contributed by atoms with van der Waals surface area (Å²) < 4.78 is 2.45. The van der Waals surface area contributed by atoms with Crippen LogP contribution in [0.25, 0.3) is 82.9 Å². The van der Waals surface area contributed by atoms with E-state index in [1.807, 2.05) is 23.9 Å². The zero-order valence-corrected chi connectivity index (χ0v) is 32.6. The Morgan fingerprint density at radius 1 is 0.424 bits per heavy atom. The largest absolute Gasteiger partial charge is 0.309 e. The van der Waals surface area contributed by atoms with Gasteiger partial charge in [0.05, 0.1) is 33.6 Å². The summed E-state index contributed by atoms with van der Waals surface area (Å²) in [5.74, 6) is 0.698. The Kier molecular flexibility index (Phi) is 7.75. The Morgan fingerprint density at radius 3 is 2.02 bits per heavy atom. The molecule has 1 aliphatic heterocycles. The predicted molar refractivity (Wildman–Crippen MR) is 246 cm³/mol. The van der Waals surface area contributed by atoms with Crippen molar-refractivity contribution in [3.8, 4) is 39.5 Å². The van der Waals surface area contributed by atoms with E-state index < -0.39 is 0 Å². The first-order chi connectivity index (χ1) is 29.3. The molecule has 0 atom stereocenters. The molecule has 0 unspecified atom stereocenters. The molecule has 59 heavy (non-hydrogen) atoms. The van der Waals surface area contributed by atoms with E-state index in [1.54, 1.807) is 0 Å². The number of hydrogen-bond acceptors (Lipinski definition) is 4. The van der Waals surface area contributed by atoms with Gasteiger partial charge in [0.15, 0.2) is 5.82 Å². The maximum atomic E-state index is 5.26. The lowest BCUT2D eigenvalue weighted by atomic mass is 9.99. The molecule has 0 N–H and O–H groups in total. The van der Waals surface area contributed by atoms with Gasteiger partial charge >= 0.3 is 0 Å². The summed E-state index contributed by atoms with van der Waals surface area (Å²) in [5, 5.41) is 5.95. The summed E-state index contributed by atoms with van der Waals surface area (Å²) >= 11 is 1.83. The fraction of sp³-hybridized carbons (Fsp3) is 0. The molecule has 0 amide bonds. The lowest BCUT2D eigenvalue weighted by Gasteiger charge is -2.33. The first kappa shape index (κ1) is 33.6. The van der Waals surface area contributed by atoms with E-state index in [1.165, 1.54) is 48.3 Å². The van der Waals surface area contributed by atoms with Gasteiger partial charge in [-0.15, -0.1) is 0 Å². The van der Waals surface area contributed by atoms with Gasteiger partial charge in [-0.2, -0.15) is 0 Å². The molecule has 11 aromatic rings. The molecule has 0 saturated heterocycles. The molecule has 9 aromatic carbocycles.